The molecule has 0 heterocycles. The maximum absolute atomic E-state index is 12.8. The first-order valence-corrected chi connectivity index (χ1v) is 9.77. The average Bonchev–Trinajstić information content (AvgIpc) is 2.77. The van der Waals surface area contributed by atoms with Gasteiger partial charge in [0.15, 0.2) is 18.1 Å². The Morgan fingerprint density at radius 3 is 2.26 bits per heavy atom. The van der Waals surface area contributed by atoms with E-state index in [1.807, 2.05) is 13.8 Å². The van der Waals surface area contributed by atoms with E-state index in [0.29, 0.717) is 30.3 Å². The molecule has 0 aliphatic carbocycles. The zero-order valence-corrected chi connectivity index (χ0v) is 17.4. The van der Waals surface area contributed by atoms with Crippen LogP contribution in [0.25, 0.3) is 0 Å². The van der Waals surface area contributed by atoms with Gasteiger partial charge >= 0.3 is 5.97 Å². The normalized spacial score (nSPS) is 10.2. The van der Waals surface area contributed by atoms with Crippen molar-refractivity contribution in [3.63, 3.8) is 0 Å². The Bertz CT molecular complexity index is 901. The highest BCUT2D eigenvalue weighted by atomic mass is 19.1. The average molecular weight is 432 g/mol. The molecule has 0 atom stereocenters. The molecule has 0 unspecified atom stereocenters. The van der Waals surface area contributed by atoms with Crippen LogP contribution in [0.1, 0.15) is 29.8 Å². The van der Waals surface area contributed by atoms with Gasteiger partial charge in [-0.1, -0.05) is 12.1 Å². The maximum Gasteiger partial charge on any atom is 0.325 e. The largest absolute Gasteiger partial charge is 0.490 e. The summed E-state index contributed by atoms with van der Waals surface area (Å²) in [5, 5.41) is 4.98. The monoisotopic (exact) mass is 432 g/mol. The number of hydrogen-bond donors (Lipinski definition) is 2. The second kappa shape index (κ2) is 12.2. The van der Waals surface area contributed by atoms with Gasteiger partial charge in [-0.15, -0.1) is 0 Å². The zero-order valence-electron chi connectivity index (χ0n) is 17.4. The lowest BCUT2D eigenvalue weighted by Gasteiger charge is -2.12. The van der Waals surface area contributed by atoms with Crippen LogP contribution in [-0.2, 0) is 20.9 Å². The minimum Gasteiger partial charge on any atom is -0.490 e. The number of carbonyl (C=O) groups is 3. The predicted molar refractivity (Wildman–Crippen MR) is 110 cm³/mol. The molecule has 8 nitrogen and oxygen atoms in total. The summed E-state index contributed by atoms with van der Waals surface area (Å²) in [4.78, 5) is 35.8. The van der Waals surface area contributed by atoms with Gasteiger partial charge in [-0.25, -0.2) is 4.39 Å². The molecule has 0 fully saturated rings. The summed E-state index contributed by atoms with van der Waals surface area (Å²) in [6.07, 6.45) is 0. The van der Waals surface area contributed by atoms with E-state index in [4.69, 9.17) is 14.2 Å². The number of rotatable bonds is 11. The first-order valence-electron chi connectivity index (χ1n) is 9.77. The predicted octanol–water partition coefficient (Wildman–Crippen LogP) is 2.21. The van der Waals surface area contributed by atoms with E-state index in [0.717, 1.165) is 0 Å². The Balaban J connectivity index is 1.76. The van der Waals surface area contributed by atoms with Crippen LogP contribution in [0.15, 0.2) is 42.5 Å². The van der Waals surface area contributed by atoms with Crippen molar-refractivity contribution in [2.75, 3.05) is 26.4 Å². The van der Waals surface area contributed by atoms with Gasteiger partial charge in [0.25, 0.3) is 11.8 Å². The van der Waals surface area contributed by atoms with E-state index in [1.54, 1.807) is 12.1 Å². The van der Waals surface area contributed by atoms with Crippen molar-refractivity contribution in [3.8, 4) is 11.5 Å². The van der Waals surface area contributed by atoms with Crippen LogP contribution in [-0.4, -0.2) is 44.1 Å². The fourth-order valence-corrected chi connectivity index (χ4v) is 2.50. The van der Waals surface area contributed by atoms with Crippen LogP contribution in [0.3, 0.4) is 0 Å². The second-order valence-electron chi connectivity index (χ2n) is 6.27. The molecule has 0 saturated carbocycles. The van der Waals surface area contributed by atoms with Gasteiger partial charge in [0, 0.05) is 12.1 Å². The van der Waals surface area contributed by atoms with Crippen LogP contribution in [0, 0.1) is 5.82 Å². The summed E-state index contributed by atoms with van der Waals surface area (Å²) in [5.41, 5.74) is 0.992. The summed E-state index contributed by atoms with van der Waals surface area (Å²) in [6.45, 7) is 3.79. The van der Waals surface area contributed by atoms with Crippen LogP contribution in [0.5, 0.6) is 11.5 Å². The Morgan fingerprint density at radius 1 is 0.903 bits per heavy atom. The van der Waals surface area contributed by atoms with E-state index < -0.39 is 30.9 Å². The first-order chi connectivity index (χ1) is 14.9. The summed E-state index contributed by atoms with van der Waals surface area (Å²) in [7, 11) is 0. The highest BCUT2D eigenvalue weighted by Gasteiger charge is 2.14. The number of amides is 2. The number of halogens is 1. The second-order valence-corrected chi connectivity index (χ2v) is 6.27. The SMILES string of the molecule is CCOc1ccc(C(=O)NCC(=O)OCC(=O)NCc2ccc(F)cc2)cc1OCC. The summed E-state index contributed by atoms with van der Waals surface area (Å²) < 4.78 is 28.6. The van der Waals surface area contributed by atoms with Crippen LogP contribution in [0.2, 0.25) is 0 Å². The minimum absolute atomic E-state index is 0.174. The summed E-state index contributed by atoms with van der Waals surface area (Å²) in [6, 6.07) is 10.3. The van der Waals surface area contributed by atoms with Crippen molar-refractivity contribution >= 4 is 17.8 Å². The first kappa shape index (κ1) is 23.7. The highest BCUT2D eigenvalue weighted by molar-refractivity contribution is 5.96. The van der Waals surface area contributed by atoms with Crippen molar-refractivity contribution in [2.24, 2.45) is 0 Å². The highest BCUT2D eigenvalue weighted by Crippen LogP contribution is 2.28. The quantitative estimate of drug-likeness (QED) is 0.528. The standard InChI is InChI=1S/C22H25FN2O6/c1-3-29-18-10-7-16(11-19(18)30-4-2)22(28)25-13-21(27)31-14-20(26)24-12-15-5-8-17(23)9-6-15/h5-11H,3-4,12-14H2,1-2H3,(H,24,26)(H,25,28). The molecule has 2 aromatic rings. The van der Waals surface area contributed by atoms with Crippen LogP contribution in [0.4, 0.5) is 4.39 Å². The molecule has 0 radical (unpaired) electrons. The number of hydrogen-bond acceptors (Lipinski definition) is 6. The Hall–Kier alpha value is -3.62. The number of ether oxygens (including phenoxy) is 3. The Morgan fingerprint density at radius 2 is 1.58 bits per heavy atom. The molecule has 0 spiro atoms. The molecule has 2 rings (SSSR count). The van der Waals surface area contributed by atoms with E-state index in [9.17, 15) is 18.8 Å². The van der Waals surface area contributed by atoms with Gasteiger partial charge in [0.05, 0.1) is 13.2 Å². The van der Waals surface area contributed by atoms with Gasteiger partial charge in [0.1, 0.15) is 12.4 Å². The number of benzene rings is 2. The molecule has 166 valence electrons. The van der Waals surface area contributed by atoms with Gasteiger partial charge in [-0.2, -0.15) is 0 Å². The fourth-order valence-electron chi connectivity index (χ4n) is 2.50. The summed E-state index contributed by atoms with van der Waals surface area (Å²) in [5.74, 6) is -1.20. The van der Waals surface area contributed by atoms with Crippen LogP contribution >= 0.6 is 0 Å². The lowest BCUT2D eigenvalue weighted by atomic mass is 10.2. The zero-order chi connectivity index (χ0) is 22.6. The third kappa shape index (κ3) is 7.96. The lowest BCUT2D eigenvalue weighted by molar-refractivity contribution is -0.147. The van der Waals surface area contributed by atoms with Gasteiger partial charge in [0.2, 0.25) is 0 Å². The minimum atomic E-state index is -0.763. The van der Waals surface area contributed by atoms with Crippen molar-refractivity contribution < 1.29 is 33.0 Å². The Labute approximate surface area is 179 Å². The van der Waals surface area contributed by atoms with E-state index >= 15 is 0 Å². The molecular formula is C22H25FN2O6. The van der Waals surface area contributed by atoms with Gasteiger partial charge in [-0.3, -0.25) is 14.4 Å². The van der Waals surface area contributed by atoms with Crippen molar-refractivity contribution in [1.82, 2.24) is 10.6 Å². The van der Waals surface area contributed by atoms with Crippen molar-refractivity contribution in [3.05, 3.63) is 59.4 Å². The number of esters is 1. The number of nitrogens with one attached hydrogen (secondary N) is 2. The molecule has 2 amide bonds. The molecule has 0 aliphatic rings. The molecule has 0 aromatic heterocycles. The molecule has 31 heavy (non-hydrogen) atoms. The van der Waals surface area contributed by atoms with Gasteiger partial charge < -0.3 is 24.8 Å². The van der Waals surface area contributed by atoms with Crippen LogP contribution < -0.4 is 20.1 Å². The van der Waals surface area contributed by atoms with E-state index in [1.165, 1.54) is 30.3 Å². The molecule has 9 heteroatoms. The molecule has 2 aromatic carbocycles. The molecule has 0 aliphatic heterocycles. The maximum atomic E-state index is 12.8. The molecule has 2 N–H and O–H groups in total. The molecule has 0 bridgehead atoms. The smallest absolute Gasteiger partial charge is 0.325 e. The van der Waals surface area contributed by atoms with Crippen molar-refractivity contribution in [1.29, 1.82) is 0 Å². The fraction of sp³-hybridized carbons (Fsp3) is 0.318. The number of carbonyl (C=O) groups excluding carboxylic acids is 3. The lowest BCUT2D eigenvalue weighted by Crippen LogP contribution is -2.33. The molecular weight excluding hydrogens is 407 g/mol. The summed E-state index contributed by atoms with van der Waals surface area (Å²) >= 11 is 0. The topological polar surface area (TPSA) is 103 Å². The third-order valence-electron chi connectivity index (χ3n) is 3.97. The molecule has 0 saturated heterocycles. The van der Waals surface area contributed by atoms with Crippen molar-refractivity contribution in [2.45, 2.75) is 20.4 Å². The Kier molecular flexibility index (Phi) is 9.28. The van der Waals surface area contributed by atoms with E-state index in [2.05, 4.69) is 10.6 Å². The van der Waals surface area contributed by atoms with E-state index in [-0.39, 0.29) is 17.9 Å². The third-order valence-corrected chi connectivity index (χ3v) is 3.97. The van der Waals surface area contributed by atoms with Gasteiger partial charge in [-0.05, 0) is 49.7 Å².